The number of hydrogen-bond acceptors (Lipinski definition) is 3. The Morgan fingerprint density at radius 2 is 2.27 bits per heavy atom. The maximum absolute atomic E-state index is 12.6. The van der Waals surface area contributed by atoms with E-state index >= 15 is 0 Å². The van der Waals surface area contributed by atoms with E-state index in [0.29, 0.717) is 17.5 Å². The van der Waals surface area contributed by atoms with Crippen molar-refractivity contribution in [1.82, 2.24) is 25.1 Å². The van der Waals surface area contributed by atoms with Crippen LogP contribution in [0.25, 0.3) is 0 Å². The molecule has 0 unspecified atom stereocenters. The lowest BCUT2D eigenvalue weighted by molar-refractivity contribution is 0.0700. The lowest BCUT2D eigenvalue weighted by atomic mass is 9.94. The summed E-state index contributed by atoms with van der Waals surface area (Å²) in [5, 5.41) is 7.34. The number of nitrogens with zero attached hydrogens (tertiary/aromatic N) is 3. The number of aromatic amines is 2. The molecule has 118 valence electrons. The van der Waals surface area contributed by atoms with E-state index < -0.39 is 0 Å². The van der Waals surface area contributed by atoms with E-state index in [-0.39, 0.29) is 5.91 Å². The zero-order valence-corrected chi connectivity index (χ0v) is 13.4. The van der Waals surface area contributed by atoms with Crippen LogP contribution < -0.4 is 0 Å². The molecule has 1 atom stereocenters. The number of nitrogens with one attached hydrogen (secondary N) is 2. The van der Waals surface area contributed by atoms with Gasteiger partial charge in [-0.25, -0.2) is 4.98 Å². The zero-order chi connectivity index (χ0) is 15.7. The first kappa shape index (κ1) is 14.8. The summed E-state index contributed by atoms with van der Waals surface area (Å²) in [5.74, 6) is 1.51. The van der Waals surface area contributed by atoms with Crippen LogP contribution in [0.15, 0.2) is 12.3 Å². The SMILES string of the molecule is Cc1cc([C@H]2CCCN(C(=O)c3cnc(C(C)C)[nH]3)C2)n[nH]1. The fourth-order valence-corrected chi connectivity index (χ4v) is 2.96. The lowest BCUT2D eigenvalue weighted by Crippen LogP contribution is -2.39. The van der Waals surface area contributed by atoms with Crippen LogP contribution in [0.4, 0.5) is 0 Å². The highest BCUT2D eigenvalue weighted by Gasteiger charge is 2.27. The smallest absolute Gasteiger partial charge is 0.271 e. The van der Waals surface area contributed by atoms with Crippen LogP contribution in [0.1, 0.15) is 66.2 Å². The Hall–Kier alpha value is -2.11. The molecule has 1 aliphatic heterocycles. The quantitative estimate of drug-likeness (QED) is 0.914. The van der Waals surface area contributed by atoms with E-state index in [1.54, 1.807) is 6.20 Å². The summed E-state index contributed by atoms with van der Waals surface area (Å²) < 4.78 is 0. The van der Waals surface area contributed by atoms with Crippen molar-refractivity contribution in [1.29, 1.82) is 0 Å². The molecule has 0 bridgehead atoms. The number of aromatic nitrogens is 4. The van der Waals surface area contributed by atoms with Crippen molar-refractivity contribution in [3.8, 4) is 0 Å². The number of imidazole rings is 1. The maximum atomic E-state index is 12.6. The molecule has 1 saturated heterocycles. The van der Waals surface area contributed by atoms with Crippen LogP contribution >= 0.6 is 0 Å². The second kappa shape index (κ2) is 5.94. The molecule has 1 amide bonds. The molecule has 0 saturated carbocycles. The van der Waals surface area contributed by atoms with Crippen LogP contribution in [0.3, 0.4) is 0 Å². The number of piperidine rings is 1. The summed E-state index contributed by atoms with van der Waals surface area (Å²) in [6.07, 6.45) is 3.74. The Kier molecular flexibility index (Phi) is 4.00. The van der Waals surface area contributed by atoms with Gasteiger partial charge in [0.1, 0.15) is 11.5 Å². The summed E-state index contributed by atoms with van der Waals surface area (Å²) in [5.41, 5.74) is 2.71. The summed E-state index contributed by atoms with van der Waals surface area (Å²) >= 11 is 0. The lowest BCUT2D eigenvalue weighted by Gasteiger charge is -2.31. The summed E-state index contributed by atoms with van der Waals surface area (Å²) in [6.45, 7) is 7.64. The van der Waals surface area contributed by atoms with Gasteiger partial charge >= 0.3 is 0 Å². The molecule has 6 nitrogen and oxygen atoms in total. The third kappa shape index (κ3) is 2.91. The van der Waals surface area contributed by atoms with E-state index in [9.17, 15) is 4.79 Å². The average molecular weight is 301 g/mol. The van der Waals surface area contributed by atoms with Crippen molar-refractivity contribution in [2.45, 2.75) is 45.4 Å². The highest BCUT2D eigenvalue weighted by Crippen LogP contribution is 2.26. The van der Waals surface area contributed by atoms with Gasteiger partial charge in [0.25, 0.3) is 5.91 Å². The van der Waals surface area contributed by atoms with Crippen molar-refractivity contribution in [2.24, 2.45) is 0 Å². The molecule has 1 aliphatic rings. The molecular weight excluding hydrogens is 278 g/mol. The molecule has 1 fully saturated rings. The van der Waals surface area contributed by atoms with Crippen molar-refractivity contribution in [2.75, 3.05) is 13.1 Å². The van der Waals surface area contributed by atoms with Gasteiger partial charge in [0.05, 0.1) is 11.9 Å². The maximum Gasteiger partial charge on any atom is 0.271 e. The number of carbonyl (C=O) groups is 1. The van der Waals surface area contributed by atoms with Crippen LogP contribution in [0.5, 0.6) is 0 Å². The van der Waals surface area contributed by atoms with E-state index in [2.05, 4.69) is 40.1 Å². The summed E-state index contributed by atoms with van der Waals surface area (Å²) in [7, 11) is 0. The van der Waals surface area contributed by atoms with Crippen LogP contribution in [0.2, 0.25) is 0 Å². The van der Waals surface area contributed by atoms with Gasteiger partial charge in [0.15, 0.2) is 0 Å². The molecule has 0 radical (unpaired) electrons. The summed E-state index contributed by atoms with van der Waals surface area (Å²) in [6, 6.07) is 2.08. The van der Waals surface area contributed by atoms with Gasteiger partial charge in [-0.15, -0.1) is 0 Å². The molecule has 0 aliphatic carbocycles. The molecule has 0 spiro atoms. The summed E-state index contributed by atoms with van der Waals surface area (Å²) in [4.78, 5) is 22.0. The first-order chi connectivity index (χ1) is 10.5. The Bertz CT molecular complexity index is 657. The van der Waals surface area contributed by atoms with E-state index in [1.165, 1.54) is 0 Å². The van der Waals surface area contributed by atoms with Crippen molar-refractivity contribution in [3.63, 3.8) is 0 Å². The number of carbonyl (C=O) groups excluding carboxylic acids is 1. The molecule has 22 heavy (non-hydrogen) atoms. The predicted molar refractivity (Wildman–Crippen MR) is 83.9 cm³/mol. The van der Waals surface area contributed by atoms with Gasteiger partial charge in [-0.05, 0) is 25.8 Å². The fourth-order valence-electron chi connectivity index (χ4n) is 2.96. The number of H-pyrrole nitrogens is 2. The second-order valence-corrected chi connectivity index (χ2v) is 6.40. The number of amides is 1. The Labute approximate surface area is 130 Å². The average Bonchev–Trinajstić information content (AvgIpc) is 3.15. The Balaban J connectivity index is 1.72. The Morgan fingerprint density at radius 1 is 1.45 bits per heavy atom. The standard InChI is InChI=1S/C16H23N5O/c1-10(2)15-17-8-14(18-15)16(22)21-6-4-5-12(9-21)13-7-11(3)19-20-13/h7-8,10,12H,4-6,9H2,1-3H3,(H,17,18)(H,19,20)/t12-/m0/s1. The normalized spacial score (nSPS) is 18.9. The molecule has 2 aromatic heterocycles. The topological polar surface area (TPSA) is 77.7 Å². The van der Waals surface area contributed by atoms with Crippen LogP contribution in [-0.4, -0.2) is 44.1 Å². The minimum absolute atomic E-state index is 0.0383. The minimum Gasteiger partial charge on any atom is -0.338 e. The van der Waals surface area contributed by atoms with Gasteiger partial charge in [-0.1, -0.05) is 13.8 Å². The van der Waals surface area contributed by atoms with E-state index in [0.717, 1.165) is 43.1 Å². The molecule has 2 N–H and O–H groups in total. The fraction of sp³-hybridized carbons (Fsp3) is 0.562. The van der Waals surface area contributed by atoms with Crippen LogP contribution in [0, 0.1) is 6.92 Å². The first-order valence-electron chi connectivity index (χ1n) is 7.90. The van der Waals surface area contributed by atoms with Gasteiger partial charge < -0.3 is 9.88 Å². The second-order valence-electron chi connectivity index (χ2n) is 6.40. The number of hydrogen-bond donors (Lipinski definition) is 2. The molecule has 0 aromatic carbocycles. The van der Waals surface area contributed by atoms with Crippen molar-refractivity contribution >= 4 is 5.91 Å². The third-order valence-corrected chi connectivity index (χ3v) is 4.23. The molecule has 3 rings (SSSR count). The van der Waals surface area contributed by atoms with Gasteiger partial charge in [0.2, 0.25) is 0 Å². The highest BCUT2D eigenvalue weighted by molar-refractivity contribution is 5.92. The van der Waals surface area contributed by atoms with E-state index in [1.807, 2.05) is 11.8 Å². The van der Waals surface area contributed by atoms with Crippen molar-refractivity contribution < 1.29 is 4.79 Å². The monoisotopic (exact) mass is 301 g/mol. The number of rotatable bonds is 3. The number of likely N-dealkylation sites (tertiary alicyclic amines) is 1. The number of aryl methyl sites for hydroxylation is 1. The van der Waals surface area contributed by atoms with Gasteiger partial charge in [0, 0.05) is 30.6 Å². The van der Waals surface area contributed by atoms with E-state index in [4.69, 9.17) is 0 Å². The minimum atomic E-state index is 0.0383. The highest BCUT2D eigenvalue weighted by atomic mass is 16.2. The predicted octanol–water partition coefficient (Wildman–Crippen LogP) is 2.58. The first-order valence-corrected chi connectivity index (χ1v) is 7.90. The van der Waals surface area contributed by atoms with Crippen LogP contribution in [-0.2, 0) is 0 Å². The zero-order valence-electron chi connectivity index (χ0n) is 13.4. The van der Waals surface area contributed by atoms with Gasteiger partial charge in [-0.2, -0.15) is 5.10 Å². The molecular formula is C16H23N5O. The Morgan fingerprint density at radius 3 is 2.91 bits per heavy atom. The molecule has 2 aromatic rings. The molecule has 6 heteroatoms. The third-order valence-electron chi connectivity index (χ3n) is 4.23. The largest absolute Gasteiger partial charge is 0.338 e. The van der Waals surface area contributed by atoms with Crippen molar-refractivity contribution in [3.05, 3.63) is 35.2 Å². The molecule has 3 heterocycles. The van der Waals surface area contributed by atoms with Gasteiger partial charge in [-0.3, -0.25) is 9.89 Å².